The number of aryl methyl sites for hydroxylation is 2. The summed E-state index contributed by atoms with van der Waals surface area (Å²) in [5.41, 5.74) is 5.02. The monoisotopic (exact) mass is 297 g/mol. The molecule has 0 amide bonds. The van der Waals surface area contributed by atoms with Crippen LogP contribution >= 0.6 is 0 Å². The third kappa shape index (κ3) is 4.62. The number of hydrogen-bond donors (Lipinski definition) is 0. The van der Waals surface area contributed by atoms with Crippen molar-refractivity contribution in [2.45, 2.75) is 59.4 Å². The van der Waals surface area contributed by atoms with E-state index in [4.69, 9.17) is 0 Å². The molecule has 0 fully saturated rings. The highest BCUT2D eigenvalue weighted by atomic mass is 15.2. The van der Waals surface area contributed by atoms with Crippen LogP contribution in [0.2, 0.25) is 0 Å². The largest absolute Gasteiger partial charge is 0.338 e. The summed E-state index contributed by atoms with van der Waals surface area (Å²) in [7, 11) is 0. The molecule has 1 atom stereocenters. The molecule has 0 bridgehead atoms. The molecule has 1 rings (SSSR count). The Labute approximate surface area is 137 Å². The van der Waals surface area contributed by atoms with Crippen LogP contribution in [0.25, 0.3) is 0 Å². The molecule has 1 nitrogen and oxygen atoms in total. The third-order valence-electron chi connectivity index (χ3n) is 4.12. The van der Waals surface area contributed by atoms with Crippen LogP contribution in [0.3, 0.4) is 0 Å². The summed E-state index contributed by atoms with van der Waals surface area (Å²) >= 11 is 0. The molecule has 0 heterocycles. The van der Waals surface area contributed by atoms with Crippen molar-refractivity contribution in [1.29, 1.82) is 0 Å². The van der Waals surface area contributed by atoms with Gasteiger partial charge in [-0.15, -0.1) is 0 Å². The topological polar surface area (TPSA) is 3.24 Å². The Morgan fingerprint density at radius 2 is 1.95 bits per heavy atom. The molecule has 22 heavy (non-hydrogen) atoms. The second-order valence-electron chi connectivity index (χ2n) is 5.90. The molecule has 0 aliphatic carbocycles. The van der Waals surface area contributed by atoms with E-state index in [1.165, 1.54) is 36.1 Å². The smallest absolute Gasteiger partial charge is 0.0443 e. The molecule has 1 aromatic rings. The van der Waals surface area contributed by atoms with Gasteiger partial charge in [0.1, 0.15) is 0 Å². The van der Waals surface area contributed by atoms with Crippen molar-refractivity contribution in [3.8, 4) is 0 Å². The summed E-state index contributed by atoms with van der Waals surface area (Å²) in [6.07, 6.45) is 10.6. The van der Waals surface area contributed by atoms with E-state index in [0.29, 0.717) is 6.04 Å². The van der Waals surface area contributed by atoms with Crippen molar-refractivity contribution in [1.82, 2.24) is 0 Å². The van der Waals surface area contributed by atoms with E-state index in [9.17, 15) is 0 Å². The Hall–Kier alpha value is -1.76. The summed E-state index contributed by atoms with van der Waals surface area (Å²) in [5.74, 6) is 0. The first-order valence-electron chi connectivity index (χ1n) is 8.40. The quantitative estimate of drug-likeness (QED) is 0.481. The Kier molecular flexibility index (Phi) is 7.73. The van der Waals surface area contributed by atoms with E-state index in [-0.39, 0.29) is 0 Å². The molecule has 0 aliphatic heterocycles. The number of hydrogen-bond acceptors (Lipinski definition) is 1. The molecule has 1 aromatic carbocycles. The van der Waals surface area contributed by atoms with Gasteiger partial charge in [0.05, 0.1) is 0 Å². The van der Waals surface area contributed by atoms with Crippen molar-refractivity contribution in [3.63, 3.8) is 0 Å². The number of benzene rings is 1. The zero-order valence-electron chi connectivity index (χ0n) is 14.7. The van der Waals surface area contributed by atoms with E-state index >= 15 is 0 Å². The second-order valence-corrected chi connectivity index (χ2v) is 5.90. The zero-order chi connectivity index (χ0) is 16.5. The van der Waals surface area contributed by atoms with Crippen LogP contribution < -0.4 is 4.90 Å². The Bertz CT molecular complexity index is 525. The maximum atomic E-state index is 4.01. The number of rotatable bonds is 9. The van der Waals surface area contributed by atoms with E-state index in [1.807, 2.05) is 12.2 Å². The van der Waals surface area contributed by atoms with Gasteiger partial charge in [0.25, 0.3) is 0 Å². The van der Waals surface area contributed by atoms with E-state index in [0.717, 1.165) is 12.1 Å². The van der Waals surface area contributed by atoms with Crippen LogP contribution in [-0.2, 0) is 0 Å². The maximum absolute atomic E-state index is 4.01. The van der Waals surface area contributed by atoms with Gasteiger partial charge in [-0.1, -0.05) is 63.6 Å². The molecule has 0 saturated heterocycles. The normalized spacial score (nSPS) is 12.8. The van der Waals surface area contributed by atoms with Gasteiger partial charge in [0.15, 0.2) is 0 Å². The van der Waals surface area contributed by atoms with Crippen molar-refractivity contribution >= 4 is 5.69 Å². The van der Waals surface area contributed by atoms with Crippen LogP contribution in [0, 0.1) is 13.8 Å². The predicted molar refractivity (Wildman–Crippen MR) is 100 cm³/mol. The van der Waals surface area contributed by atoms with Gasteiger partial charge in [-0.2, -0.15) is 0 Å². The predicted octanol–water partition coefficient (Wildman–Crippen LogP) is 6.33. The first kappa shape index (κ1) is 18.3. The standard InChI is InChI=1S/C21H31N/c1-7-11-13-20(10-4)22(19(9-3)12-8-2)21-15-14-17(5)16-18(21)6/h8-9,12,14-16,20H,2-3,7,10-11,13H2,1,4-6H3/b19-12+. The maximum Gasteiger partial charge on any atom is 0.0443 e. The van der Waals surface area contributed by atoms with E-state index < -0.39 is 0 Å². The molecule has 1 unspecified atom stereocenters. The van der Waals surface area contributed by atoms with Gasteiger partial charge in [0.2, 0.25) is 0 Å². The minimum Gasteiger partial charge on any atom is -0.338 e. The van der Waals surface area contributed by atoms with Gasteiger partial charge >= 0.3 is 0 Å². The van der Waals surface area contributed by atoms with Crippen molar-refractivity contribution in [2.24, 2.45) is 0 Å². The van der Waals surface area contributed by atoms with E-state index in [1.54, 1.807) is 0 Å². The lowest BCUT2D eigenvalue weighted by atomic mass is 10.0. The van der Waals surface area contributed by atoms with Crippen LogP contribution in [0.1, 0.15) is 50.7 Å². The first-order chi connectivity index (χ1) is 10.6. The Morgan fingerprint density at radius 1 is 1.23 bits per heavy atom. The third-order valence-corrected chi connectivity index (χ3v) is 4.12. The molecular formula is C21H31N. The lowest BCUT2D eigenvalue weighted by Crippen LogP contribution is -2.34. The molecule has 0 radical (unpaired) electrons. The van der Waals surface area contributed by atoms with Gasteiger partial charge in [-0.3, -0.25) is 0 Å². The minimum absolute atomic E-state index is 0.491. The van der Waals surface area contributed by atoms with Crippen LogP contribution in [0.15, 0.2) is 55.3 Å². The molecule has 1 heteroatoms. The molecule has 0 aromatic heterocycles. The average Bonchev–Trinajstić information content (AvgIpc) is 2.51. The fraction of sp³-hybridized carbons (Fsp3) is 0.429. The number of anilines is 1. The lowest BCUT2D eigenvalue weighted by Gasteiger charge is -2.35. The highest BCUT2D eigenvalue weighted by Crippen LogP contribution is 2.30. The van der Waals surface area contributed by atoms with E-state index in [2.05, 4.69) is 70.0 Å². The second kappa shape index (κ2) is 9.30. The Morgan fingerprint density at radius 3 is 2.45 bits per heavy atom. The SMILES string of the molecule is C=C/C=C(\C=C)N(c1ccc(C)cc1C)C(CC)CCCC. The van der Waals surface area contributed by atoms with Gasteiger partial charge in [0, 0.05) is 17.4 Å². The number of unbranched alkanes of at least 4 members (excludes halogenated alkanes) is 1. The highest BCUT2D eigenvalue weighted by molar-refractivity contribution is 5.61. The zero-order valence-corrected chi connectivity index (χ0v) is 14.7. The summed E-state index contributed by atoms with van der Waals surface area (Å²) in [6, 6.07) is 7.17. The fourth-order valence-corrected chi connectivity index (χ4v) is 2.95. The molecule has 0 N–H and O–H groups in total. The molecule has 120 valence electrons. The van der Waals surface area contributed by atoms with Crippen LogP contribution in [0.4, 0.5) is 5.69 Å². The molecule has 0 saturated carbocycles. The van der Waals surface area contributed by atoms with Gasteiger partial charge in [-0.05, 0) is 50.5 Å². The summed E-state index contributed by atoms with van der Waals surface area (Å²) in [6.45, 7) is 16.7. The summed E-state index contributed by atoms with van der Waals surface area (Å²) in [4.78, 5) is 2.44. The van der Waals surface area contributed by atoms with Crippen molar-refractivity contribution in [3.05, 3.63) is 66.4 Å². The highest BCUT2D eigenvalue weighted by Gasteiger charge is 2.20. The summed E-state index contributed by atoms with van der Waals surface area (Å²) < 4.78 is 0. The number of nitrogens with zero attached hydrogens (tertiary/aromatic N) is 1. The van der Waals surface area contributed by atoms with Crippen LogP contribution in [-0.4, -0.2) is 6.04 Å². The summed E-state index contributed by atoms with van der Waals surface area (Å²) in [5, 5.41) is 0. The lowest BCUT2D eigenvalue weighted by molar-refractivity contribution is 0.541. The van der Waals surface area contributed by atoms with Crippen molar-refractivity contribution < 1.29 is 0 Å². The molecular weight excluding hydrogens is 266 g/mol. The first-order valence-corrected chi connectivity index (χ1v) is 8.40. The fourth-order valence-electron chi connectivity index (χ4n) is 2.95. The van der Waals surface area contributed by atoms with Crippen LogP contribution in [0.5, 0.6) is 0 Å². The molecule has 0 aliphatic rings. The average molecular weight is 297 g/mol. The van der Waals surface area contributed by atoms with Crippen molar-refractivity contribution in [2.75, 3.05) is 4.90 Å². The van der Waals surface area contributed by atoms with Gasteiger partial charge in [-0.25, -0.2) is 0 Å². The minimum atomic E-state index is 0.491. The number of allylic oxidation sites excluding steroid dienone is 3. The molecule has 0 spiro atoms. The Balaban J connectivity index is 3.33. The van der Waals surface area contributed by atoms with Gasteiger partial charge < -0.3 is 4.90 Å².